The van der Waals surface area contributed by atoms with Gasteiger partial charge < -0.3 is 20.3 Å². The van der Waals surface area contributed by atoms with E-state index in [4.69, 9.17) is 29.0 Å². The molecule has 1 aliphatic carbocycles. The van der Waals surface area contributed by atoms with Crippen LogP contribution in [-0.2, 0) is 31.8 Å². The van der Waals surface area contributed by atoms with E-state index >= 15 is 0 Å². The standard InChI is InChI=1S/C42H46ClF3N8O5S.ClH/c1-3-26-17-30(54-40(60)53(39(58)41(54)12-4-13-41)31-21-32(42(44,45)46)34(22-47)48-23-31)5-7-35(26)59-16-11-25-9-14-52(15-10-25)24(2)37(56)50-29-19-27(43)18-28(20-29)49-33-6-8-36(55)51-38(33)57;/h5,7,17-21,23-25,33,40,49,60H,3-4,6,8-16H2,1-2H3,(H,50,56)(H,51,55,57);1H/t24-,33-,40+;/m0./s1. The number of nitriles is 1. The van der Waals surface area contributed by atoms with Gasteiger partial charge in [-0.25, -0.2) is 4.98 Å². The van der Waals surface area contributed by atoms with Gasteiger partial charge in [-0.3, -0.25) is 34.3 Å². The van der Waals surface area contributed by atoms with Gasteiger partial charge in [0.15, 0.2) is 11.2 Å². The Hall–Kier alpha value is -4.76. The SMILES string of the molecule is CCc1cc(N2[C@H](S)N(c3cnc(C#N)c(C(F)(F)F)c3)C(=O)C23CCC3)ccc1OCCC1CCN([C@@H](C)C(=O)Nc2cc(Cl)cc(N[C@H]3CCC(=O)NC3=O)c2)CC1.Cl. The third-order valence-electron chi connectivity index (χ3n) is 12.1. The minimum absolute atomic E-state index is 0. The van der Waals surface area contributed by atoms with Crippen molar-refractivity contribution in [2.75, 3.05) is 40.1 Å². The number of carbonyl (C=O) groups excluding carboxylic acids is 4. The summed E-state index contributed by atoms with van der Waals surface area (Å²) in [5.41, 5.74) is -1.25. The molecular formula is C42H47Cl2F3N8O5S. The number of nitrogens with one attached hydrogen (secondary N) is 3. The Labute approximate surface area is 368 Å². The number of hydrogen-bond acceptors (Lipinski definition) is 11. The molecule has 61 heavy (non-hydrogen) atoms. The molecule has 13 nitrogen and oxygen atoms in total. The van der Waals surface area contributed by atoms with E-state index in [-0.39, 0.29) is 42.2 Å². The summed E-state index contributed by atoms with van der Waals surface area (Å²) in [5.74, 6) is -0.132. The van der Waals surface area contributed by atoms with Crippen LogP contribution in [0.5, 0.6) is 5.75 Å². The highest BCUT2D eigenvalue weighted by molar-refractivity contribution is 7.81. The maximum Gasteiger partial charge on any atom is 0.419 e. The fraction of sp³-hybridized carbons (Fsp3) is 0.476. The maximum absolute atomic E-state index is 14.0. The van der Waals surface area contributed by atoms with E-state index in [0.29, 0.717) is 66.0 Å². The summed E-state index contributed by atoms with van der Waals surface area (Å²) in [6, 6.07) is 12.0. The Bertz CT molecular complexity index is 2220. The van der Waals surface area contributed by atoms with Gasteiger partial charge in [0.25, 0.3) is 5.91 Å². The molecule has 3 aromatic rings. The molecule has 4 heterocycles. The second-order valence-electron chi connectivity index (χ2n) is 15.8. The number of rotatable bonds is 12. The average molecular weight is 904 g/mol. The summed E-state index contributed by atoms with van der Waals surface area (Å²) in [4.78, 5) is 60.0. The summed E-state index contributed by atoms with van der Waals surface area (Å²) < 4.78 is 47.8. The Morgan fingerprint density at radius 1 is 1.10 bits per heavy atom. The number of carbonyl (C=O) groups is 4. The number of amides is 4. The van der Waals surface area contributed by atoms with E-state index in [1.807, 2.05) is 36.9 Å². The molecule has 0 unspecified atom stereocenters. The van der Waals surface area contributed by atoms with Gasteiger partial charge in [-0.1, -0.05) is 18.5 Å². The number of imide groups is 1. The molecular weight excluding hydrogens is 856 g/mol. The lowest BCUT2D eigenvalue weighted by atomic mass is 9.75. The second kappa shape index (κ2) is 18.7. The molecule has 19 heteroatoms. The zero-order valence-corrected chi connectivity index (χ0v) is 36.0. The van der Waals surface area contributed by atoms with Crippen LogP contribution in [-0.4, -0.2) is 76.3 Å². The minimum Gasteiger partial charge on any atom is -0.493 e. The smallest absolute Gasteiger partial charge is 0.419 e. The van der Waals surface area contributed by atoms with E-state index in [0.717, 1.165) is 56.6 Å². The normalized spacial score (nSPS) is 21.0. The minimum atomic E-state index is -4.83. The topological polar surface area (TPSA) is 160 Å². The summed E-state index contributed by atoms with van der Waals surface area (Å²) in [5, 5.41) is 18.0. The number of aromatic nitrogens is 1. The number of anilines is 4. The number of pyridine rings is 1. The number of likely N-dealkylation sites (tertiary alicyclic amines) is 1. The highest BCUT2D eigenvalue weighted by atomic mass is 35.5. The lowest BCUT2D eigenvalue weighted by Crippen LogP contribution is -2.55. The first-order valence-corrected chi connectivity index (χ1v) is 21.0. The van der Waals surface area contributed by atoms with E-state index in [2.05, 4.69) is 25.8 Å². The van der Waals surface area contributed by atoms with Crippen LogP contribution in [0.15, 0.2) is 48.7 Å². The molecule has 3 N–H and O–H groups in total. The van der Waals surface area contributed by atoms with Crippen LogP contribution in [0, 0.1) is 17.2 Å². The molecule has 4 aliphatic rings. The molecule has 0 bridgehead atoms. The molecule has 326 valence electrons. The zero-order chi connectivity index (χ0) is 42.9. The van der Waals surface area contributed by atoms with Crippen LogP contribution in [0.1, 0.15) is 82.0 Å². The quantitative estimate of drug-likeness (QED) is 0.107. The molecule has 0 radical (unpaired) electrons. The van der Waals surface area contributed by atoms with Crippen molar-refractivity contribution in [1.29, 1.82) is 5.26 Å². The number of alkyl halides is 3. The molecule has 4 amide bonds. The van der Waals surface area contributed by atoms with Crippen molar-refractivity contribution in [3.05, 3.63) is 70.5 Å². The highest BCUT2D eigenvalue weighted by Crippen LogP contribution is 2.51. The van der Waals surface area contributed by atoms with E-state index < -0.39 is 46.5 Å². The second-order valence-corrected chi connectivity index (χ2v) is 16.7. The third kappa shape index (κ3) is 9.52. The number of aryl methyl sites for hydroxylation is 1. The molecule has 1 spiro atoms. The van der Waals surface area contributed by atoms with Gasteiger partial charge in [0, 0.05) is 28.5 Å². The fourth-order valence-electron chi connectivity index (χ4n) is 8.54. The summed E-state index contributed by atoms with van der Waals surface area (Å²) >= 11 is 11.1. The average Bonchev–Trinajstić information content (AvgIpc) is 3.44. The van der Waals surface area contributed by atoms with Gasteiger partial charge in [0.2, 0.25) is 17.7 Å². The largest absolute Gasteiger partial charge is 0.493 e. The molecule has 3 saturated heterocycles. The lowest BCUT2D eigenvalue weighted by molar-refractivity contribution is -0.138. The first kappa shape index (κ1) is 45.8. The number of ether oxygens (including phenoxy) is 1. The van der Waals surface area contributed by atoms with E-state index in [1.54, 1.807) is 18.2 Å². The maximum atomic E-state index is 14.0. The number of halogens is 5. The summed E-state index contributed by atoms with van der Waals surface area (Å²) in [7, 11) is 0. The summed E-state index contributed by atoms with van der Waals surface area (Å²) in [6.07, 6.45) is 1.94. The van der Waals surface area contributed by atoms with Crippen LogP contribution in [0.3, 0.4) is 0 Å². The monoisotopic (exact) mass is 902 g/mol. The highest BCUT2D eigenvalue weighted by Gasteiger charge is 2.60. The summed E-state index contributed by atoms with van der Waals surface area (Å²) in [6.45, 7) is 5.83. The van der Waals surface area contributed by atoms with E-state index in [9.17, 15) is 37.6 Å². The predicted octanol–water partition coefficient (Wildman–Crippen LogP) is 7.32. The first-order valence-electron chi connectivity index (χ1n) is 20.1. The van der Waals surface area contributed by atoms with Crippen LogP contribution < -0.4 is 30.5 Å². The molecule has 4 fully saturated rings. The number of hydrogen-bond donors (Lipinski definition) is 4. The van der Waals surface area contributed by atoms with Gasteiger partial charge in [-0.05, 0) is 125 Å². The predicted molar refractivity (Wildman–Crippen MR) is 230 cm³/mol. The van der Waals surface area contributed by atoms with Crippen molar-refractivity contribution in [3.8, 4) is 11.8 Å². The Kier molecular flexibility index (Phi) is 14.0. The van der Waals surface area contributed by atoms with Crippen molar-refractivity contribution in [1.82, 2.24) is 15.2 Å². The number of nitrogens with zero attached hydrogens (tertiary/aromatic N) is 5. The van der Waals surface area contributed by atoms with Crippen molar-refractivity contribution < 1.29 is 37.1 Å². The number of thiol groups is 1. The van der Waals surface area contributed by atoms with Gasteiger partial charge in [0.1, 0.15) is 23.4 Å². The number of piperidine rings is 2. The van der Waals surface area contributed by atoms with Crippen molar-refractivity contribution in [2.24, 2.45) is 5.92 Å². The van der Waals surface area contributed by atoms with Crippen molar-refractivity contribution in [2.45, 2.75) is 101 Å². The van der Waals surface area contributed by atoms with Gasteiger partial charge in [-0.15, -0.1) is 25.0 Å². The molecule has 1 saturated carbocycles. The van der Waals surface area contributed by atoms with Crippen LogP contribution in [0.25, 0.3) is 0 Å². The van der Waals surface area contributed by atoms with Crippen LogP contribution in [0.4, 0.5) is 35.9 Å². The Balaban J connectivity index is 0.00000622. The molecule has 1 aromatic heterocycles. The third-order valence-corrected chi connectivity index (χ3v) is 12.8. The molecule has 7 rings (SSSR count). The molecule has 2 aromatic carbocycles. The van der Waals surface area contributed by atoms with Gasteiger partial charge >= 0.3 is 6.18 Å². The van der Waals surface area contributed by atoms with Crippen molar-refractivity contribution in [3.63, 3.8) is 0 Å². The van der Waals surface area contributed by atoms with Crippen molar-refractivity contribution >= 4 is 83.0 Å². The van der Waals surface area contributed by atoms with Crippen LogP contribution >= 0.6 is 36.6 Å². The number of benzene rings is 2. The molecule has 3 atom stereocenters. The Morgan fingerprint density at radius 2 is 1.82 bits per heavy atom. The van der Waals surface area contributed by atoms with E-state index in [1.165, 1.54) is 11.0 Å². The zero-order valence-electron chi connectivity index (χ0n) is 33.6. The fourth-order valence-corrected chi connectivity index (χ4v) is 9.37. The molecule has 3 aliphatic heterocycles. The van der Waals surface area contributed by atoms with Gasteiger partial charge in [0.05, 0.1) is 30.1 Å². The van der Waals surface area contributed by atoms with Crippen LogP contribution in [0.2, 0.25) is 5.02 Å². The van der Waals surface area contributed by atoms with Gasteiger partial charge in [-0.2, -0.15) is 18.4 Å². The first-order chi connectivity index (χ1) is 28.6. The Morgan fingerprint density at radius 3 is 2.46 bits per heavy atom. The lowest BCUT2D eigenvalue weighted by Gasteiger charge is -2.44.